The van der Waals surface area contributed by atoms with E-state index in [1.54, 1.807) is 6.20 Å². The summed E-state index contributed by atoms with van der Waals surface area (Å²) in [6.07, 6.45) is 5.86. The van der Waals surface area contributed by atoms with Crippen molar-refractivity contribution < 1.29 is 14.3 Å². The fourth-order valence-electron chi connectivity index (χ4n) is 5.18. The van der Waals surface area contributed by atoms with E-state index in [4.69, 9.17) is 4.74 Å². The summed E-state index contributed by atoms with van der Waals surface area (Å²) in [5.41, 5.74) is 0.427. The monoisotopic (exact) mass is 394 g/mol. The number of hydrogen-bond donors (Lipinski definition) is 0. The lowest BCUT2D eigenvalue weighted by molar-refractivity contribution is -0.143. The maximum atomic E-state index is 13.0. The molecule has 0 unspecified atom stereocenters. The summed E-state index contributed by atoms with van der Waals surface area (Å²) < 4.78 is 8.55. The Morgan fingerprint density at radius 1 is 1.31 bits per heavy atom. The van der Waals surface area contributed by atoms with Gasteiger partial charge in [0.05, 0.1) is 19.0 Å². The van der Waals surface area contributed by atoms with Crippen molar-refractivity contribution in [3.8, 4) is 0 Å². The number of likely N-dealkylation sites (tertiary alicyclic amines) is 1. The van der Waals surface area contributed by atoms with Crippen LogP contribution in [0.3, 0.4) is 0 Å². The minimum absolute atomic E-state index is 0.0871. The largest absolute Gasteiger partial charge is 0.343 e. The number of benzene rings is 1. The van der Waals surface area contributed by atoms with E-state index in [0.717, 1.165) is 17.8 Å². The van der Waals surface area contributed by atoms with Crippen molar-refractivity contribution in [2.24, 2.45) is 0 Å². The Labute approximate surface area is 170 Å². The summed E-state index contributed by atoms with van der Waals surface area (Å²) in [5.74, 6) is 1.17. The third-order valence-corrected chi connectivity index (χ3v) is 6.60. The van der Waals surface area contributed by atoms with Gasteiger partial charge in [-0.1, -0.05) is 37.3 Å². The summed E-state index contributed by atoms with van der Waals surface area (Å²) in [6, 6.07) is 9.85. The number of carbonyl (C=O) groups excluding carboxylic acids is 2. The number of aryl methyl sites for hydroxylation is 2. The molecule has 0 saturated carbocycles. The Morgan fingerprint density at radius 2 is 2.14 bits per heavy atom. The fraction of sp³-hybridized carbons (Fsp3) is 0.500. The van der Waals surface area contributed by atoms with Crippen molar-refractivity contribution in [3.05, 3.63) is 54.1 Å². The van der Waals surface area contributed by atoms with E-state index in [9.17, 15) is 9.59 Å². The lowest BCUT2D eigenvalue weighted by atomic mass is 10.1. The van der Waals surface area contributed by atoms with Gasteiger partial charge in [0, 0.05) is 44.7 Å². The first kappa shape index (κ1) is 18.4. The maximum absolute atomic E-state index is 13.0. The van der Waals surface area contributed by atoms with Crippen molar-refractivity contribution in [2.75, 3.05) is 13.1 Å². The van der Waals surface area contributed by atoms with Gasteiger partial charge in [-0.2, -0.15) is 0 Å². The van der Waals surface area contributed by atoms with E-state index in [1.807, 2.05) is 50.9 Å². The second-order valence-corrected chi connectivity index (χ2v) is 8.06. The van der Waals surface area contributed by atoms with E-state index in [-0.39, 0.29) is 24.0 Å². The first-order valence-corrected chi connectivity index (χ1v) is 10.4. The number of nitrogens with zero attached hydrogens (tertiary/aromatic N) is 4. The van der Waals surface area contributed by atoms with Gasteiger partial charge in [-0.3, -0.25) is 9.59 Å². The minimum atomic E-state index is -0.656. The van der Waals surface area contributed by atoms with E-state index in [1.165, 1.54) is 0 Å². The molecule has 2 aromatic rings. The van der Waals surface area contributed by atoms with Crippen LogP contribution < -0.4 is 0 Å². The quantitative estimate of drug-likeness (QED) is 0.779. The van der Waals surface area contributed by atoms with Gasteiger partial charge < -0.3 is 19.1 Å². The molecule has 7 nitrogen and oxygen atoms in total. The molecule has 1 aromatic carbocycles. The third kappa shape index (κ3) is 2.87. The van der Waals surface area contributed by atoms with E-state index in [0.29, 0.717) is 38.9 Å². The predicted molar refractivity (Wildman–Crippen MR) is 106 cm³/mol. The number of rotatable bonds is 5. The normalized spacial score (nSPS) is 28.1. The lowest BCUT2D eigenvalue weighted by Crippen LogP contribution is -2.48. The molecule has 0 aliphatic carbocycles. The molecule has 3 atom stereocenters. The van der Waals surface area contributed by atoms with Crippen LogP contribution in [0.5, 0.6) is 0 Å². The highest BCUT2D eigenvalue weighted by Crippen LogP contribution is 2.50. The van der Waals surface area contributed by atoms with Crippen molar-refractivity contribution in [1.82, 2.24) is 19.4 Å². The topological polar surface area (TPSA) is 67.7 Å². The van der Waals surface area contributed by atoms with Crippen molar-refractivity contribution in [1.29, 1.82) is 0 Å². The molecule has 3 fully saturated rings. The van der Waals surface area contributed by atoms with Crippen molar-refractivity contribution in [3.63, 3.8) is 0 Å². The summed E-state index contributed by atoms with van der Waals surface area (Å²) >= 11 is 0. The molecule has 0 bridgehead atoms. The van der Waals surface area contributed by atoms with Crippen LogP contribution in [0.4, 0.5) is 0 Å². The highest BCUT2D eigenvalue weighted by atomic mass is 16.5. The van der Waals surface area contributed by atoms with E-state index >= 15 is 0 Å². The van der Waals surface area contributed by atoms with Gasteiger partial charge in [0.25, 0.3) is 0 Å². The molecule has 0 radical (unpaired) electrons. The zero-order chi connectivity index (χ0) is 20.0. The first-order valence-electron chi connectivity index (χ1n) is 10.4. The number of ether oxygens (including phenoxy) is 1. The molecule has 29 heavy (non-hydrogen) atoms. The van der Waals surface area contributed by atoms with Gasteiger partial charge in [0.15, 0.2) is 5.72 Å². The summed E-state index contributed by atoms with van der Waals surface area (Å²) in [4.78, 5) is 33.9. The number of carbonyl (C=O) groups is 2. The number of amides is 2. The number of imidazole rings is 1. The first-order chi connectivity index (χ1) is 14.1. The Morgan fingerprint density at radius 3 is 2.93 bits per heavy atom. The number of hydrogen-bond acceptors (Lipinski definition) is 4. The van der Waals surface area contributed by atoms with Crippen LogP contribution in [0.15, 0.2) is 42.7 Å². The van der Waals surface area contributed by atoms with Crippen LogP contribution in [0.1, 0.15) is 43.7 Å². The standard InChI is InChI=1S/C22H26N4O3/c1-2-19-23-10-13-24(19)11-8-20(27)25-12-9-22-18(25)14-21(28)26(22)15-17(29-22)16-6-4-3-5-7-16/h3-7,10,13,17-18H,2,8-9,11-12,14-15H2,1H3/t17-,18+,22-/m0/s1. The van der Waals surface area contributed by atoms with Gasteiger partial charge in [-0.05, 0) is 5.56 Å². The molecule has 3 aliphatic heterocycles. The van der Waals surface area contributed by atoms with Crippen LogP contribution in [-0.4, -0.2) is 56.0 Å². The Balaban J connectivity index is 1.31. The van der Waals surface area contributed by atoms with Crippen LogP contribution in [0, 0.1) is 0 Å². The molecule has 7 heteroatoms. The van der Waals surface area contributed by atoms with Gasteiger partial charge in [0.1, 0.15) is 11.9 Å². The highest BCUT2D eigenvalue weighted by molar-refractivity contribution is 5.84. The van der Waals surface area contributed by atoms with Crippen molar-refractivity contribution >= 4 is 11.8 Å². The maximum Gasteiger partial charge on any atom is 0.227 e. The molecule has 1 spiro atoms. The average molecular weight is 394 g/mol. The van der Waals surface area contributed by atoms with Crippen molar-refractivity contribution in [2.45, 2.75) is 57.0 Å². The van der Waals surface area contributed by atoms with Crippen LogP contribution >= 0.6 is 0 Å². The zero-order valence-electron chi connectivity index (χ0n) is 16.7. The molecule has 2 amide bonds. The smallest absolute Gasteiger partial charge is 0.227 e. The third-order valence-electron chi connectivity index (χ3n) is 6.60. The summed E-state index contributed by atoms with van der Waals surface area (Å²) in [7, 11) is 0. The second kappa shape index (κ2) is 6.99. The van der Waals surface area contributed by atoms with E-state index in [2.05, 4.69) is 11.9 Å². The van der Waals surface area contributed by atoms with E-state index < -0.39 is 5.72 Å². The summed E-state index contributed by atoms with van der Waals surface area (Å²) in [5, 5.41) is 0. The fourth-order valence-corrected chi connectivity index (χ4v) is 5.18. The Bertz CT molecular complexity index is 927. The average Bonchev–Trinajstić information content (AvgIpc) is 3.48. The van der Waals surface area contributed by atoms with Gasteiger partial charge in [-0.25, -0.2) is 4.98 Å². The zero-order valence-corrected chi connectivity index (χ0v) is 16.7. The molecular weight excluding hydrogens is 368 g/mol. The highest BCUT2D eigenvalue weighted by Gasteiger charge is 2.64. The van der Waals surface area contributed by atoms with Crippen LogP contribution in [-0.2, 0) is 27.3 Å². The Kier molecular flexibility index (Phi) is 4.42. The SMILES string of the molecule is CCc1nccn1CCC(=O)N1CC[C@@]23O[C@H](c4ccccc4)CN2C(=O)C[C@@H]13. The predicted octanol–water partition coefficient (Wildman–Crippen LogP) is 2.14. The van der Waals surface area contributed by atoms with Crippen LogP contribution in [0.25, 0.3) is 0 Å². The molecule has 0 N–H and O–H groups in total. The second-order valence-electron chi connectivity index (χ2n) is 8.06. The molecule has 152 valence electrons. The number of aromatic nitrogens is 2. The molecular formula is C22H26N4O3. The minimum Gasteiger partial charge on any atom is -0.343 e. The van der Waals surface area contributed by atoms with Gasteiger partial charge in [0.2, 0.25) is 11.8 Å². The summed E-state index contributed by atoms with van der Waals surface area (Å²) in [6.45, 7) is 3.88. The molecule has 1 aromatic heterocycles. The molecule has 3 saturated heterocycles. The van der Waals surface area contributed by atoms with Gasteiger partial charge in [-0.15, -0.1) is 0 Å². The Hall–Kier alpha value is -2.67. The van der Waals surface area contributed by atoms with Crippen LogP contribution in [0.2, 0.25) is 0 Å². The molecule has 3 aliphatic rings. The molecule has 5 rings (SSSR count). The van der Waals surface area contributed by atoms with Gasteiger partial charge >= 0.3 is 0 Å². The lowest BCUT2D eigenvalue weighted by Gasteiger charge is -2.32. The molecule has 4 heterocycles.